The molecule has 3 aromatic rings. The van der Waals surface area contributed by atoms with Gasteiger partial charge >= 0.3 is 0 Å². The largest absolute Gasteiger partial charge is 0.312 e. The lowest BCUT2D eigenvalue weighted by molar-refractivity contribution is 0.431. The first-order chi connectivity index (χ1) is 12.3. The molecule has 0 unspecified atom stereocenters. The van der Waals surface area contributed by atoms with Crippen molar-refractivity contribution in [1.29, 1.82) is 0 Å². The van der Waals surface area contributed by atoms with E-state index in [0.29, 0.717) is 5.92 Å². The number of nitrogens with one attached hydrogen (secondary N) is 1. The number of hydrogen-bond donors (Lipinski definition) is 1. The Bertz CT molecular complexity index is 827. The number of hydrogen-bond acceptors (Lipinski definition) is 4. The van der Waals surface area contributed by atoms with Gasteiger partial charge in [-0.1, -0.05) is 25.3 Å². The van der Waals surface area contributed by atoms with Crippen LogP contribution in [0.5, 0.6) is 0 Å². The second-order valence-corrected chi connectivity index (χ2v) is 7.02. The van der Waals surface area contributed by atoms with Gasteiger partial charge in [-0.25, -0.2) is 0 Å². The molecule has 6 heteroatoms. The minimum atomic E-state index is 0.646. The molecule has 0 atom stereocenters. The third-order valence-corrected chi connectivity index (χ3v) is 5.15. The van der Waals surface area contributed by atoms with E-state index < -0.39 is 0 Å². The summed E-state index contributed by atoms with van der Waals surface area (Å²) >= 11 is 0. The van der Waals surface area contributed by atoms with E-state index in [9.17, 15) is 0 Å². The van der Waals surface area contributed by atoms with Gasteiger partial charge in [-0.3, -0.25) is 9.08 Å². The van der Waals surface area contributed by atoms with Crippen LogP contribution in [0.15, 0.2) is 30.6 Å². The molecular formula is C19H26N6. The molecular weight excluding hydrogens is 312 g/mol. The Morgan fingerprint density at radius 3 is 2.92 bits per heavy atom. The highest BCUT2D eigenvalue weighted by Crippen LogP contribution is 2.33. The Kier molecular flexibility index (Phi) is 4.78. The molecule has 0 aliphatic heterocycles. The molecule has 0 spiro atoms. The van der Waals surface area contributed by atoms with Crippen molar-refractivity contribution in [2.24, 2.45) is 7.05 Å². The molecule has 25 heavy (non-hydrogen) atoms. The van der Waals surface area contributed by atoms with Crippen LogP contribution in [0, 0.1) is 0 Å². The fourth-order valence-electron chi connectivity index (χ4n) is 3.90. The number of nitrogens with zero attached hydrogens (tertiary/aromatic N) is 5. The summed E-state index contributed by atoms with van der Waals surface area (Å²) < 4.78 is 4.02. The van der Waals surface area contributed by atoms with Crippen LogP contribution in [-0.4, -0.2) is 30.9 Å². The van der Waals surface area contributed by atoms with Gasteiger partial charge in [0.2, 0.25) is 0 Å². The number of fused-ring (bicyclic) bond motifs is 1. The van der Waals surface area contributed by atoms with Crippen LogP contribution in [-0.2, 0) is 20.0 Å². The van der Waals surface area contributed by atoms with E-state index >= 15 is 0 Å². The van der Waals surface area contributed by atoms with Crippen LogP contribution < -0.4 is 5.32 Å². The lowest BCUT2D eigenvalue weighted by atomic mass is 9.85. The molecule has 1 fully saturated rings. The van der Waals surface area contributed by atoms with Gasteiger partial charge in [0.25, 0.3) is 0 Å². The van der Waals surface area contributed by atoms with Gasteiger partial charge in [0.1, 0.15) is 5.82 Å². The molecule has 1 N–H and O–H groups in total. The van der Waals surface area contributed by atoms with Crippen LogP contribution in [0.1, 0.15) is 55.1 Å². The molecule has 0 radical (unpaired) electrons. The molecule has 6 nitrogen and oxygen atoms in total. The lowest BCUT2D eigenvalue weighted by Crippen LogP contribution is -2.19. The maximum absolute atomic E-state index is 4.75. The molecule has 4 rings (SSSR count). The van der Waals surface area contributed by atoms with Crippen LogP contribution >= 0.6 is 0 Å². The fraction of sp³-hybridized carbons (Fsp3) is 0.526. The first-order valence-corrected chi connectivity index (χ1v) is 9.33. The average Bonchev–Trinajstić information content (AvgIpc) is 3.23. The summed E-state index contributed by atoms with van der Waals surface area (Å²) in [4.78, 5) is 0. The first-order valence-electron chi connectivity index (χ1n) is 9.33. The van der Waals surface area contributed by atoms with E-state index in [1.54, 1.807) is 0 Å². The first kappa shape index (κ1) is 16.3. The second kappa shape index (κ2) is 7.35. The van der Waals surface area contributed by atoms with Crippen molar-refractivity contribution in [2.45, 2.75) is 51.0 Å². The Hall–Kier alpha value is -2.21. The van der Waals surface area contributed by atoms with Crippen molar-refractivity contribution in [1.82, 2.24) is 29.7 Å². The minimum Gasteiger partial charge on any atom is -0.312 e. The van der Waals surface area contributed by atoms with Gasteiger partial charge < -0.3 is 5.32 Å². The minimum absolute atomic E-state index is 0.646. The summed E-state index contributed by atoms with van der Waals surface area (Å²) in [6, 6.07) is 5.98. The normalized spacial score (nSPS) is 15.9. The topological polar surface area (TPSA) is 60.0 Å². The van der Waals surface area contributed by atoms with E-state index in [4.69, 9.17) is 5.10 Å². The molecule has 0 bridgehead atoms. The molecule has 0 saturated heterocycles. The maximum atomic E-state index is 4.75. The van der Waals surface area contributed by atoms with Crippen molar-refractivity contribution in [3.63, 3.8) is 0 Å². The SMILES string of the molecule is Cn1cc(CNCCc2nnc3ccccn23)c(C2CCCCC2)n1. The van der Waals surface area contributed by atoms with E-state index in [-0.39, 0.29) is 0 Å². The van der Waals surface area contributed by atoms with E-state index in [1.165, 1.54) is 43.4 Å². The summed E-state index contributed by atoms with van der Waals surface area (Å²) in [5.41, 5.74) is 3.56. The summed E-state index contributed by atoms with van der Waals surface area (Å²) in [5.74, 6) is 1.65. The Labute approximate surface area is 148 Å². The molecule has 0 aromatic carbocycles. The van der Waals surface area contributed by atoms with Crippen molar-refractivity contribution in [2.75, 3.05) is 6.54 Å². The molecule has 3 aromatic heterocycles. The van der Waals surface area contributed by atoms with Gasteiger partial charge in [-0.05, 0) is 25.0 Å². The van der Waals surface area contributed by atoms with Gasteiger partial charge in [0, 0.05) is 50.4 Å². The molecule has 3 heterocycles. The Morgan fingerprint density at radius 1 is 1.16 bits per heavy atom. The Morgan fingerprint density at radius 2 is 2.04 bits per heavy atom. The van der Waals surface area contributed by atoms with Crippen molar-refractivity contribution in [3.05, 3.63) is 47.7 Å². The molecule has 132 valence electrons. The van der Waals surface area contributed by atoms with Gasteiger partial charge in [0.15, 0.2) is 5.65 Å². The van der Waals surface area contributed by atoms with E-state index in [0.717, 1.165) is 31.0 Å². The van der Waals surface area contributed by atoms with Crippen LogP contribution in [0.25, 0.3) is 5.65 Å². The summed E-state index contributed by atoms with van der Waals surface area (Å²) in [6.45, 7) is 1.76. The van der Waals surface area contributed by atoms with Crippen LogP contribution in [0.2, 0.25) is 0 Å². The number of aryl methyl sites for hydroxylation is 1. The monoisotopic (exact) mass is 338 g/mol. The van der Waals surface area contributed by atoms with Gasteiger partial charge in [-0.2, -0.15) is 5.10 Å². The molecule has 1 saturated carbocycles. The highest BCUT2D eigenvalue weighted by atomic mass is 15.3. The fourth-order valence-corrected chi connectivity index (χ4v) is 3.90. The molecule has 1 aliphatic rings. The number of pyridine rings is 1. The second-order valence-electron chi connectivity index (χ2n) is 7.02. The standard InChI is InChI=1S/C19H26N6/c1-24-14-16(19(23-24)15-7-3-2-4-8-15)13-20-11-10-18-22-21-17-9-5-6-12-25(17)18/h5-6,9,12,14-15,20H,2-4,7-8,10-11,13H2,1H3. The third kappa shape index (κ3) is 3.58. The highest BCUT2D eigenvalue weighted by molar-refractivity contribution is 5.37. The summed E-state index contributed by atoms with van der Waals surface area (Å²) in [6.07, 6.45) is 11.7. The summed E-state index contributed by atoms with van der Waals surface area (Å²) in [5, 5.41) is 16.8. The quantitative estimate of drug-likeness (QED) is 0.702. The number of aromatic nitrogens is 5. The van der Waals surface area contributed by atoms with Gasteiger partial charge in [0.05, 0.1) is 5.69 Å². The van der Waals surface area contributed by atoms with Crippen molar-refractivity contribution >= 4 is 5.65 Å². The Balaban J connectivity index is 1.35. The van der Waals surface area contributed by atoms with Crippen molar-refractivity contribution in [3.8, 4) is 0 Å². The predicted octanol–water partition coefficient (Wildman–Crippen LogP) is 2.84. The maximum Gasteiger partial charge on any atom is 0.160 e. The zero-order chi connectivity index (χ0) is 17.1. The van der Waals surface area contributed by atoms with E-state index in [2.05, 4.69) is 26.1 Å². The number of rotatable bonds is 6. The predicted molar refractivity (Wildman–Crippen MR) is 97.4 cm³/mol. The molecule has 1 aliphatic carbocycles. The smallest absolute Gasteiger partial charge is 0.160 e. The van der Waals surface area contributed by atoms with Gasteiger partial charge in [-0.15, -0.1) is 10.2 Å². The zero-order valence-electron chi connectivity index (χ0n) is 14.9. The zero-order valence-corrected chi connectivity index (χ0v) is 14.9. The third-order valence-electron chi connectivity index (χ3n) is 5.15. The highest BCUT2D eigenvalue weighted by Gasteiger charge is 2.21. The summed E-state index contributed by atoms with van der Waals surface area (Å²) in [7, 11) is 2.03. The molecule has 0 amide bonds. The van der Waals surface area contributed by atoms with Crippen molar-refractivity contribution < 1.29 is 0 Å². The lowest BCUT2D eigenvalue weighted by Gasteiger charge is -2.21. The van der Waals surface area contributed by atoms with Crippen LogP contribution in [0.4, 0.5) is 0 Å². The van der Waals surface area contributed by atoms with Crippen LogP contribution in [0.3, 0.4) is 0 Å². The van der Waals surface area contributed by atoms with E-state index in [1.807, 2.05) is 36.1 Å². The average molecular weight is 338 g/mol.